The quantitative estimate of drug-likeness (QED) is 0.574. The van der Waals surface area contributed by atoms with Crippen molar-refractivity contribution in [2.75, 3.05) is 5.75 Å². The average molecular weight is 470 g/mol. The molecule has 5 nitrogen and oxygen atoms in total. The van der Waals surface area contributed by atoms with Crippen molar-refractivity contribution in [2.24, 2.45) is 15.9 Å². The molecular weight excluding hydrogens is 450 g/mol. The predicted molar refractivity (Wildman–Crippen MR) is 121 cm³/mol. The number of halogens is 1. The molecule has 7 heteroatoms. The largest absolute Gasteiger partial charge is 0.293 e. The van der Waals surface area contributed by atoms with E-state index in [1.165, 1.54) is 11.8 Å². The minimum absolute atomic E-state index is 0.00679. The van der Waals surface area contributed by atoms with Gasteiger partial charge < -0.3 is 0 Å². The molecule has 0 saturated heterocycles. The van der Waals surface area contributed by atoms with E-state index in [0.717, 1.165) is 22.1 Å². The van der Waals surface area contributed by atoms with Gasteiger partial charge >= 0.3 is 0 Å². The smallest absolute Gasteiger partial charge is 0.259 e. The van der Waals surface area contributed by atoms with Gasteiger partial charge in [-0.25, -0.2) is 9.89 Å². The molecule has 0 aromatic heterocycles. The lowest BCUT2D eigenvalue weighted by Crippen LogP contribution is -2.42. The lowest BCUT2D eigenvalue weighted by atomic mass is 10.00. The van der Waals surface area contributed by atoms with Crippen molar-refractivity contribution in [1.29, 1.82) is 0 Å². The normalized spacial score (nSPS) is 18.7. The molecule has 1 amide bonds. The molecule has 0 spiro atoms. The molecule has 2 aromatic carbocycles. The van der Waals surface area contributed by atoms with E-state index in [2.05, 4.69) is 27.8 Å². The molecular formula is C22H20BrN3O2S. The maximum absolute atomic E-state index is 13.1. The molecule has 0 N–H and O–H groups in total. The van der Waals surface area contributed by atoms with Crippen LogP contribution in [0.1, 0.15) is 36.2 Å². The molecule has 0 saturated carbocycles. The van der Waals surface area contributed by atoms with Crippen LogP contribution < -0.4 is 0 Å². The number of carbonyl (C=O) groups excluding carboxylic acids is 2. The van der Waals surface area contributed by atoms with Crippen molar-refractivity contribution >= 4 is 56.1 Å². The van der Waals surface area contributed by atoms with Gasteiger partial charge in [0.25, 0.3) is 5.91 Å². The van der Waals surface area contributed by atoms with Crippen LogP contribution in [0.2, 0.25) is 0 Å². The monoisotopic (exact) mass is 469 g/mol. The maximum atomic E-state index is 13.1. The van der Waals surface area contributed by atoms with Crippen molar-refractivity contribution < 1.29 is 9.59 Å². The number of amides is 1. The van der Waals surface area contributed by atoms with Crippen LogP contribution in [0.15, 0.2) is 63.0 Å². The van der Waals surface area contributed by atoms with Crippen molar-refractivity contribution in [3.63, 3.8) is 0 Å². The Bertz CT molecular complexity index is 1030. The van der Waals surface area contributed by atoms with Crippen molar-refractivity contribution in [1.82, 2.24) is 4.90 Å². The number of Topliss-reactive ketones (excluding diaryl/α,β-unsaturated/α-hetero) is 1. The van der Waals surface area contributed by atoms with E-state index in [9.17, 15) is 9.59 Å². The summed E-state index contributed by atoms with van der Waals surface area (Å²) in [5.41, 5.74) is 2.27. The molecule has 2 atom stereocenters. The van der Waals surface area contributed by atoms with Crippen LogP contribution in [0.5, 0.6) is 0 Å². The molecule has 0 fully saturated rings. The highest BCUT2D eigenvalue weighted by Crippen LogP contribution is 2.35. The van der Waals surface area contributed by atoms with E-state index >= 15 is 0 Å². The highest BCUT2D eigenvalue weighted by Gasteiger charge is 2.43. The van der Waals surface area contributed by atoms with Gasteiger partial charge in [-0.3, -0.25) is 14.6 Å². The SMILES string of the molecule is CC[C@@H](C)[C@@H]1N=C2c3ccccc3N=C(SCC(=O)c3ccc(Br)cc3)N2C1=O. The number of amidine groups is 2. The van der Waals surface area contributed by atoms with E-state index in [0.29, 0.717) is 16.6 Å². The summed E-state index contributed by atoms with van der Waals surface area (Å²) in [6.07, 6.45) is 0.865. The summed E-state index contributed by atoms with van der Waals surface area (Å²) in [7, 11) is 0. The minimum Gasteiger partial charge on any atom is -0.293 e. The van der Waals surface area contributed by atoms with Gasteiger partial charge in [0, 0.05) is 15.6 Å². The van der Waals surface area contributed by atoms with Crippen LogP contribution in [-0.4, -0.2) is 39.4 Å². The van der Waals surface area contributed by atoms with Gasteiger partial charge in [-0.1, -0.05) is 72.2 Å². The van der Waals surface area contributed by atoms with Crippen LogP contribution >= 0.6 is 27.7 Å². The minimum atomic E-state index is -0.408. The van der Waals surface area contributed by atoms with Crippen LogP contribution in [0.4, 0.5) is 5.69 Å². The number of benzene rings is 2. The van der Waals surface area contributed by atoms with E-state index in [1.807, 2.05) is 43.3 Å². The van der Waals surface area contributed by atoms with Crippen molar-refractivity contribution in [3.8, 4) is 0 Å². The van der Waals surface area contributed by atoms with Crippen LogP contribution in [0.3, 0.4) is 0 Å². The second-order valence-corrected chi connectivity index (χ2v) is 8.95. The average Bonchev–Trinajstić information content (AvgIpc) is 3.09. The molecule has 29 heavy (non-hydrogen) atoms. The molecule has 0 radical (unpaired) electrons. The first kappa shape index (κ1) is 20.0. The Morgan fingerprint density at radius 3 is 2.66 bits per heavy atom. The Kier molecular flexibility index (Phi) is 5.69. The predicted octanol–water partition coefficient (Wildman–Crippen LogP) is 5.07. The zero-order valence-electron chi connectivity index (χ0n) is 16.1. The topological polar surface area (TPSA) is 62.1 Å². The second kappa shape index (κ2) is 8.24. The molecule has 0 aliphatic carbocycles. The number of aliphatic imine (C=N–C) groups is 2. The van der Waals surface area contributed by atoms with Gasteiger partial charge in [0.2, 0.25) is 0 Å². The Morgan fingerprint density at radius 2 is 1.93 bits per heavy atom. The van der Waals surface area contributed by atoms with Crippen molar-refractivity contribution in [2.45, 2.75) is 26.3 Å². The first-order valence-electron chi connectivity index (χ1n) is 9.51. The van der Waals surface area contributed by atoms with Gasteiger partial charge in [0.05, 0.1) is 11.4 Å². The summed E-state index contributed by atoms with van der Waals surface area (Å²) in [6.45, 7) is 4.10. The first-order valence-corrected chi connectivity index (χ1v) is 11.3. The Morgan fingerprint density at radius 1 is 1.21 bits per heavy atom. The van der Waals surface area contributed by atoms with E-state index < -0.39 is 6.04 Å². The number of ketones is 1. The number of fused-ring (bicyclic) bond motifs is 3. The number of thioether (sulfide) groups is 1. The number of para-hydroxylation sites is 1. The summed E-state index contributed by atoms with van der Waals surface area (Å²) < 4.78 is 0.926. The van der Waals surface area contributed by atoms with Crippen LogP contribution in [0, 0.1) is 5.92 Å². The molecule has 2 aromatic rings. The lowest BCUT2D eigenvalue weighted by Gasteiger charge is -2.25. The highest BCUT2D eigenvalue weighted by molar-refractivity contribution is 9.10. The fraction of sp³-hybridized carbons (Fsp3) is 0.273. The van der Waals surface area contributed by atoms with E-state index in [-0.39, 0.29) is 23.4 Å². The summed E-state index contributed by atoms with van der Waals surface area (Å²) in [6, 6.07) is 14.5. The summed E-state index contributed by atoms with van der Waals surface area (Å²) >= 11 is 4.66. The summed E-state index contributed by atoms with van der Waals surface area (Å²) in [5.74, 6) is 0.917. The van der Waals surface area contributed by atoms with E-state index in [4.69, 9.17) is 4.99 Å². The van der Waals surface area contributed by atoms with Gasteiger partial charge in [-0.05, 0) is 30.2 Å². The molecule has 148 valence electrons. The Balaban J connectivity index is 1.62. The number of nitrogens with zero attached hydrogens (tertiary/aromatic N) is 3. The Hall–Kier alpha value is -2.25. The zero-order chi connectivity index (χ0) is 20.5. The van der Waals surface area contributed by atoms with Crippen molar-refractivity contribution in [3.05, 3.63) is 64.1 Å². The fourth-order valence-electron chi connectivity index (χ4n) is 3.31. The van der Waals surface area contributed by atoms with E-state index in [1.54, 1.807) is 17.0 Å². The van der Waals surface area contributed by atoms with Crippen LogP contribution in [0.25, 0.3) is 0 Å². The molecule has 2 aliphatic heterocycles. The first-order chi connectivity index (χ1) is 14.0. The summed E-state index contributed by atoms with van der Waals surface area (Å²) in [4.78, 5) is 36.8. The molecule has 2 aliphatic rings. The number of hydrogen-bond acceptors (Lipinski definition) is 5. The number of rotatable bonds is 5. The molecule has 4 rings (SSSR count). The van der Waals surface area contributed by atoms with Gasteiger partial charge in [-0.15, -0.1) is 0 Å². The Labute approximate surface area is 182 Å². The fourth-order valence-corrected chi connectivity index (χ4v) is 4.47. The van der Waals surface area contributed by atoms with Gasteiger partial charge in [0.15, 0.2) is 11.0 Å². The third kappa shape index (κ3) is 3.81. The summed E-state index contributed by atoms with van der Waals surface area (Å²) in [5, 5.41) is 0.517. The lowest BCUT2D eigenvalue weighted by molar-refractivity contribution is -0.125. The zero-order valence-corrected chi connectivity index (χ0v) is 18.5. The molecule has 0 bridgehead atoms. The van der Waals surface area contributed by atoms with Gasteiger partial charge in [-0.2, -0.15) is 0 Å². The number of hydrogen-bond donors (Lipinski definition) is 0. The van der Waals surface area contributed by atoms with Gasteiger partial charge in [0.1, 0.15) is 11.9 Å². The van der Waals surface area contributed by atoms with Crippen LogP contribution in [-0.2, 0) is 4.79 Å². The standard InChI is InChI=1S/C22H20BrN3O2S/c1-3-13(2)19-21(28)26-20(25-19)16-6-4-5-7-17(16)24-22(26)29-12-18(27)14-8-10-15(23)11-9-14/h4-11,13,19H,3,12H2,1-2H3/t13-,19+/m1/s1. The third-order valence-corrected chi connectivity index (χ3v) is 6.65. The maximum Gasteiger partial charge on any atom is 0.259 e. The number of carbonyl (C=O) groups is 2. The molecule has 0 unspecified atom stereocenters. The third-order valence-electron chi connectivity index (χ3n) is 5.18. The molecule has 2 heterocycles. The highest BCUT2D eigenvalue weighted by atomic mass is 79.9. The second-order valence-electron chi connectivity index (χ2n) is 7.09.